The fraction of sp³-hybridized carbons (Fsp3) is 0.444. The Hall–Kier alpha value is -3.27. The molecule has 2 aliphatic carbocycles. The van der Waals surface area contributed by atoms with Gasteiger partial charge in [0, 0.05) is 34.6 Å². The standard InChI is InChI=1S/C27H29NO8/c1-10(29)12-7-14(18-9-16(28)23(30)11(2)36-18)19-15(8-12)25(32)21-22(26(19)33)27(34)20-13(24(21)31)5-4-6-17(20)35-3/h4-6,11-12,14,16,18,23,30,32-33H,7-9,28H2,1-3H3. The Kier molecular flexibility index (Phi) is 5.89. The van der Waals surface area contributed by atoms with E-state index in [2.05, 4.69) is 0 Å². The quantitative estimate of drug-likeness (QED) is 0.399. The maximum Gasteiger partial charge on any atom is 0.202 e. The average Bonchev–Trinajstić information content (AvgIpc) is 2.86. The lowest BCUT2D eigenvalue weighted by molar-refractivity contribution is -0.131. The lowest BCUT2D eigenvalue weighted by atomic mass is 9.68. The third-order valence-corrected chi connectivity index (χ3v) is 7.96. The Balaban J connectivity index is 1.73. The molecule has 0 radical (unpaired) electrons. The van der Waals surface area contributed by atoms with Crippen molar-refractivity contribution in [2.45, 2.75) is 63.4 Å². The second-order valence-electron chi connectivity index (χ2n) is 10.0. The minimum atomic E-state index is -0.874. The van der Waals surface area contributed by atoms with Gasteiger partial charge in [0.15, 0.2) is 5.78 Å². The molecule has 0 saturated carbocycles. The Morgan fingerprint density at radius 3 is 2.42 bits per heavy atom. The van der Waals surface area contributed by atoms with Crippen molar-refractivity contribution in [1.82, 2.24) is 0 Å². The molecule has 190 valence electrons. The number of carbonyl (C=O) groups excluding carboxylic acids is 3. The topological polar surface area (TPSA) is 156 Å². The molecule has 5 N–H and O–H groups in total. The molecule has 2 aromatic carbocycles. The van der Waals surface area contributed by atoms with Crippen LogP contribution >= 0.6 is 0 Å². The van der Waals surface area contributed by atoms with E-state index in [0.29, 0.717) is 6.42 Å². The SMILES string of the molecule is COc1cccc2c1C(=O)c1c(O)c3c(c(O)c1C2=O)CC(C(C)=O)CC3C1CC(N)C(O)C(C)O1. The van der Waals surface area contributed by atoms with Gasteiger partial charge in [0.1, 0.15) is 23.0 Å². The summed E-state index contributed by atoms with van der Waals surface area (Å²) >= 11 is 0. The molecular formula is C27H29NO8. The summed E-state index contributed by atoms with van der Waals surface area (Å²) in [6, 6.07) is 4.01. The summed E-state index contributed by atoms with van der Waals surface area (Å²) < 4.78 is 11.4. The number of methoxy groups -OCH3 is 1. The number of hydrogen-bond acceptors (Lipinski definition) is 9. The van der Waals surface area contributed by atoms with Gasteiger partial charge in [0.05, 0.1) is 42.1 Å². The van der Waals surface area contributed by atoms with Crippen LogP contribution < -0.4 is 10.5 Å². The van der Waals surface area contributed by atoms with Crippen molar-refractivity contribution < 1.29 is 39.2 Å². The Morgan fingerprint density at radius 2 is 1.78 bits per heavy atom. The van der Waals surface area contributed by atoms with Crippen molar-refractivity contribution in [3.63, 3.8) is 0 Å². The first-order valence-electron chi connectivity index (χ1n) is 12.0. The highest BCUT2D eigenvalue weighted by molar-refractivity contribution is 6.31. The van der Waals surface area contributed by atoms with E-state index in [9.17, 15) is 29.7 Å². The van der Waals surface area contributed by atoms with Crippen LogP contribution in [0.4, 0.5) is 0 Å². The van der Waals surface area contributed by atoms with Crippen LogP contribution in [-0.4, -0.2) is 64.1 Å². The second kappa shape index (κ2) is 8.69. The van der Waals surface area contributed by atoms with Crippen molar-refractivity contribution >= 4 is 17.3 Å². The van der Waals surface area contributed by atoms with Gasteiger partial charge >= 0.3 is 0 Å². The number of aliphatic hydroxyl groups excluding tert-OH is 1. The van der Waals surface area contributed by atoms with Crippen LogP contribution in [-0.2, 0) is 16.0 Å². The number of Topliss-reactive ketones (excluding diaryl/α,β-unsaturated/α-hetero) is 1. The lowest BCUT2D eigenvalue weighted by Gasteiger charge is -2.43. The Morgan fingerprint density at radius 1 is 1.08 bits per heavy atom. The molecule has 0 spiro atoms. The number of benzene rings is 2. The molecule has 0 amide bonds. The van der Waals surface area contributed by atoms with Gasteiger partial charge in [0.25, 0.3) is 0 Å². The largest absolute Gasteiger partial charge is 0.507 e. The van der Waals surface area contributed by atoms with Gasteiger partial charge in [-0.25, -0.2) is 0 Å². The summed E-state index contributed by atoms with van der Waals surface area (Å²) in [6.07, 6.45) is -1.39. The van der Waals surface area contributed by atoms with Gasteiger partial charge in [-0.3, -0.25) is 14.4 Å². The summed E-state index contributed by atoms with van der Waals surface area (Å²) in [5.41, 5.74) is 6.24. The summed E-state index contributed by atoms with van der Waals surface area (Å²) in [6.45, 7) is 3.15. The van der Waals surface area contributed by atoms with E-state index in [-0.39, 0.29) is 57.8 Å². The normalized spacial score (nSPS) is 29.2. The Bertz CT molecular complexity index is 1290. The number of ether oxygens (including phenoxy) is 2. The second-order valence-corrected chi connectivity index (χ2v) is 10.0. The lowest BCUT2D eigenvalue weighted by Crippen LogP contribution is -2.53. The van der Waals surface area contributed by atoms with Crippen molar-refractivity contribution in [1.29, 1.82) is 0 Å². The number of carbonyl (C=O) groups is 3. The number of ketones is 3. The molecule has 6 atom stereocenters. The molecule has 1 fully saturated rings. The molecule has 2 aromatic rings. The molecule has 6 unspecified atom stereocenters. The van der Waals surface area contributed by atoms with E-state index >= 15 is 0 Å². The van der Waals surface area contributed by atoms with Crippen LogP contribution in [0.5, 0.6) is 17.2 Å². The number of fused-ring (bicyclic) bond motifs is 3. The van der Waals surface area contributed by atoms with Crippen LogP contribution in [0, 0.1) is 5.92 Å². The minimum absolute atomic E-state index is 0.0220. The minimum Gasteiger partial charge on any atom is -0.507 e. The van der Waals surface area contributed by atoms with Crippen molar-refractivity contribution in [2.75, 3.05) is 7.11 Å². The fourth-order valence-corrected chi connectivity index (χ4v) is 6.05. The van der Waals surface area contributed by atoms with Gasteiger partial charge in [-0.05, 0) is 39.2 Å². The number of hydrogen-bond donors (Lipinski definition) is 4. The first-order chi connectivity index (χ1) is 17.1. The van der Waals surface area contributed by atoms with Crippen molar-refractivity contribution in [3.8, 4) is 17.2 Å². The predicted octanol–water partition coefficient (Wildman–Crippen LogP) is 1.98. The van der Waals surface area contributed by atoms with Crippen molar-refractivity contribution in [3.05, 3.63) is 51.6 Å². The molecule has 1 aliphatic heterocycles. The third kappa shape index (κ3) is 3.45. The molecule has 9 heteroatoms. The molecule has 9 nitrogen and oxygen atoms in total. The highest BCUT2D eigenvalue weighted by Gasteiger charge is 2.47. The molecule has 0 bridgehead atoms. The number of nitrogens with two attached hydrogens (primary N) is 1. The van der Waals surface area contributed by atoms with Crippen LogP contribution in [0.3, 0.4) is 0 Å². The predicted molar refractivity (Wildman–Crippen MR) is 128 cm³/mol. The summed E-state index contributed by atoms with van der Waals surface area (Å²) in [5, 5.41) is 33.2. The van der Waals surface area contributed by atoms with Gasteiger partial charge < -0.3 is 30.5 Å². The first-order valence-corrected chi connectivity index (χ1v) is 12.0. The fourth-order valence-electron chi connectivity index (χ4n) is 6.05. The maximum atomic E-state index is 13.7. The molecule has 3 aliphatic rings. The number of rotatable bonds is 3. The third-order valence-electron chi connectivity index (χ3n) is 7.96. The molecule has 0 aromatic heterocycles. The van der Waals surface area contributed by atoms with Crippen LogP contribution in [0.1, 0.15) is 75.6 Å². The zero-order chi connectivity index (χ0) is 26.0. The van der Waals surface area contributed by atoms with E-state index in [1.54, 1.807) is 19.1 Å². The maximum absolute atomic E-state index is 13.7. The molecule has 36 heavy (non-hydrogen) atoms. The number of phenols is 2. The Labute approximate surface area is 207 Å². The number of aromatic hydroxyl groups is 2. The van der Waals surface area contributed by atoms with Crippen molar-refractivity contribution in [2.24, 2.45) is 11.7 Å². The molecule has 5 rings (SSSR count). The summed E-state index contributed by atoms with van der Waals surface area (Å²) in [7, 11) is 1.38. The van der Waals surface area contributed by atoms with Crippen LogP contribution in [0.2, 0.25) is 0 Å². The summed E-state index contributed by atoms with van der Waals surface area (Å²) in [5.74, 6) is -3.06. The highest BCUT2D eigenvalue weighted by Crippen LogP contribution is 2.52. The zero-order valence-electron chi connectivity index (χ0n) is 20.3. The van der Waals surface area contributed by atoms with Crippen LogP contribution in [0.25, 0.3) is 0 Å². The number of phenolic OH excluding ortho intramolecular Hbond substituents is 2. The van der Waals surface area contributed by atoms with Gasteiger partial charge in [-0.1, -0.05) is 12.1 Å². The first kappa shape index (κ1) is 24.4. The van der Waals surface area contributed by atoms with E-state index in [1.807, 2.05) is 0 Å². The summed E-state index contributed by atoms with van der Waals surface area (Å²) in [4.78, 5) is 39.6. The number of aliphatic hydroxyl groups is 1. The average molecular weight is 496 g/mol. The van der Waals surface area contributed by atoms with E-state index in [4.69, 9.17) is 15.2 Å². The molecule has 1 saturated heterocycles. The smallest absolute Gasteiger partial charge is 0.202 e. The monoisotopic (exact) mass is 495 g/mol. The zero-order valence-corrected chi connectivity index (χ0v) is 20.3. The van der Waals surface area contributed by atoms with Gasteiger partial charge in [-0.15, -0.1) is 0 Å². The van der Waals surface area contributed by atoms with Crippen LogP contribution in [0.15, 0.2) is 18.2 Å². The van der Waals surface area contributed by atoms with E-state index in [0.717, 1.165) is 0 Å². The van der Waals surface area contributed by atoms with Gasteiger partial charge in [-0.2, -0.15) is 0 Å². The molecule has 1 heterocycles. The van der Waals surface area contributed by atoms with Gasteiger partial charge in [0.2, 0.25) is 5.78 Å². The highest BCUT2D eigenvalue weighted by atomic mass is 16.5. The molecular weight excluding hydrogens is 466 g/mol. The van der Waals surface area contributed by atoms with E-state index in [1.165, 1.54) is 20.1 Å². The van der Waals surface area contributed by atoms with E-state index < -0.39 is 59.3 Å².